The predicted octanol–water partition coefficient (Wildman–Crippen LogP) is 2.51. The number of ether oxygens (including phenoxy) is 1. The van der Waals surface area contributed by atoms with Crippen molar-refractivity contribution in [2.24, 2.45) is 11.8 Å². The molecule has 3 heterocycles. The Morgan fingerprint density at radius 3 is 2.78 bits per heavy atom. The summed E-state index contributed by atoms with van der Waals surface area (Å²) in [5, 5.41) is 6.23. The lowest BCUT2D eigenvalue weighted by atomic mass is 9.76. The van der Waals surface area contributed by atoms with E-state index in [4.69, 9.17) is 4.42 Å². The number of amides is 1. The molecule has 2 aromatic heterocycles. The van der Waals surface area contributed by atoms with Crippen LogP contribution in [-0.2, 0) is 9.53 Å². The maximum Gasteiger partial charge on any atom is 0.394 e. The first-order chi connectivity index (χ1) is 13.2. The van der Waals surface area contributed by atoms with Gasteiger partial charge in [0.25, 0.3) is 0 Å². The molecule has 0 radical (unpaired) electrons. The molecular formula is C19H24N4O4. The van der Waals surface area contributed by atoms with Crippen LogP contribution in [0.2, 0.25) is 0 Å². The fraction of sp³-hybridized carbons (Fsp3) is 0.579. The molecule has 0 bridgehead atoms. The Hall–Kier alpha value is -2.48. The molecule has 27 heavy (non-hydrogen) atoms. The summed E-state index contributed by atoms with van der Waals surface area (Å²) in [6.45, 7) is 0.871. The van der Waals surface area contributed by atoms with E-state index in [1.807, 2.05) is 0 Å². The monoisotopic (exact) mass is 372 g/mol. The number of oxazole rings is 1. The van der Waals surface area contributed by atoms with E-state index in [0.717, 1.165) is 13.0 Å². The quantitative estimate of drug-likeness (QED) is 0.794. The van der Waals surface area contributed by atoms with E-state index >= 15 is 0 Å². The van der Waals surface area contributed by atoms with Gasteiger partial charge in [-0.15, -0.1) is 0 Å². The highest BCUT2D eigenvalue weighted by Gasteiger charge is 2.38. The van der Waals surface area contributed by atoms with Gasteiger partial charge in [0.05, 0.1) is 13.2 Å². The molecule has 8 nitrogen and oxygen atoms in total. The largest absolute Gasteiger partial charge is 0.462 e. The third kappa shape index (κ3) is 3.66. The van der Waals surface area contributed by atoms with Gasteiger partial charge in [0.1, 0.15) is 11.3 Å². The van der Waals surface area contributed by atoms with Gasteiger partial charge in [0.2, 0.25) is 11.6 Å². The fourth-order valence-corrected chi connectivity index (χ4v) is 4.35. The zero-order valence-electron chi connectivity index (χ0n) is 15.4. The van der Waals surface area contributed by atoms with E-state index in [-0.39, 0.29) is 23.6 Å². The SMILES string of the molecule is COC(=O)c1nc2ccc(NC(=O)[C@H]3NCCC3C3CCCCC3)nc2o1. The number of methoxy groups -OCH3 is 1. The van der Waals surface area contributed by atoms with Crippen molar-refractivity contribution in [1.29, 1.82) is 0 Å². The fourth-order valence-electron chi connectivity index (χ4n) is 4.35. The van der Waals surface area contributed by atoms with Gasteiger partial charge >= 0.3 is 11.9 Å². The molecule has 1 amide bonds. The molecule has 0 spiro atoms. The Morgan fingerprint density at radius 2 is 2.00 bits per heavy atom. The molecular weight excluding hydrogens is 348 g/mol. The summed E-state index contributed by atoms with van der Waals surface area (Å²) in [5.41, 5.74) is 0.629. The number of nitrogens with zero attached hydrogens (tertiary/aromatic N) is 2. The minimum atomic E-state index is -0.663. The standard InChI is InChI=1S/C19H24N4O4/c1-26-19(25)18-21-13-7-8-14(23-17(13)27-18)22-16(24)15-12(9-10-20-15)11-5-3-2-4-6-11/h7-8,11-12,15,20H,2-6,9-10H2,1H3,(H,22,23,24)/t12?,15-/m0/s1. The minimum Gasteiger partial charge on any atom is -0.462 e. The topological polar surface area (TPSA) is 106 Å². The highest BCUT2D eigenvalue weighted by molar-refractivity contribution is 5.95. The van der Waals surface area contributed by atoms with Crippen LogP contribution in [0.5, 0.6) is 0 Å². The number of rotatable bonds is 4. The van der Waals surface area contributed by atoms with Crippen LogP contribution in [0, 0.1) is 11.8 Å². The van der Waals surface area contributed by atoms with Crippen LogP contribution in [0.4, 0.5) is 5.82 Å². The van der Waals surface area contributed by atoms with Crippen molar-refractivity contribution in [3.63, 3.8) is 0 Å². The van der Waals surface area contributed by atoms with Crippen LogP contribution in [0.3, 0.4) is 0 Å². The van der Waals surface area contributed by atoms with Gasteiger partial charge in [-0.1, -0.05) is 32.1 Å². The van der Waals surface area contributed by atoms with Crippen molar-refractivity contribution in [3.05, 3.63) is 18.0 Å². The van der Waals surface area contributed by atoms with Gasteiger partial charge < -0.3 is 19.8 Å². The van der Waals surface area contributed by atoms with Gasteiger partial charge in [-0.3, -0.25) is 4.79 Å². The van der Waals surface area contributed by atoms with Gasteiger partial charge in [-0.05, 0) is 36.9 Å². The Morgan fingerprint density at radius 1 is 1.19 bits per heavy atom. The summed E-state index contributed by atoms with van der Waals surface area (Å²) in [7, 11) is 1.26. The first-order valence-electron chi connectivity index (χ1n) is 9.56. The second-order valence-corrected chi connectivity index (χ2v) is 7.30. The number of aromatic nitrogens is 2. The highest BCUT2D eigenvalue weighted by Crippen LogP contribution is 2.36. The number of hydrogen-bond donors (Lipinski definition) is 2. The van der Waals surface area contributed by atoms with Crippen LogP contribution in [-0.4, -0.2) is 41.5 Å². The van der Waals surface area contributed by atoms with Gasteiger partial charge in [0.15, 0.2) is 0 Å². The molecule has 8 heteroatoms. The Balaban J connectivity index is 1.47. The molecule has 2 aromatic rings. The molecule has 0 aromatic carbocycles. The normalized spacial score (nSPS) is 23.4. The number of anilines is 1. The average molecular weight is 372 g/mol. The summed E-state index contributed by atoms with van der Waals surface area (Å²) in [6.07, 6.45) is 7.31. The number of pyridine rings is 1. The maximum absolute atomic E-state index is 12.8. The molecule has 144 valence electrons. The number of nitrogens with one attached hydrogen (secondary N) is 2. The first-order valence-corrected chi connectivity index (χ1v) is 9.56. The van der Waals surface area contributed by atoms with E-state index in [2.05, 4.69) is 25.3 Å². The highest BCUT2D eigenvalue weighted by atomic mass is 16.5. The molecule has 2 aliphatic rings. The van der Waals surface area contributed by atoms with E-state index < -0.39 is 5.97 Å². The molecule has 1 unspecified atom stereocenters. The number of fused-ring (bicyclic) bond motifs is 1. The van der Waals surface area contributed by atoms with Crippen LogP contribution in [0.25, 0.3) is 11.2 Å². The van der Waals surface area contributed by atoms with Crippen LogP contribution in [0.1, 0.15) is 49.2 Å². The van der Waals surface area contributed by atoms with Crippen molar-refractivity contribution >= 4 is 28.9 Å². The summed E-state index contributed by atoms with van der Waals surface area (Å²) >= 11 is 0. The summed E-state index contributed by atoms with van der Waals surface area (Å²) in [5.74, 6) is 0.503. The van der Waals surface area contributed by atoms with Crippen LogP contribution in [0.15, 0.2) is 16.5 Å². The summed E-state index contributed by atoms with van der Waals surface area (Å²) in [6, 6.07) is 3.13. The molecule has 2 atom stereocenters. The lowest BCUT2D eigenvalue weighted by Gasteiger charge is -2.30. The number of carbonyl (C=O) groups excluding carboxylic acids is 2. The summed E-state index contributed by atoms with van der Waals surface area (Å²) < 4.78 is 9.92. The second kappa shape index (κ2) is 7.64. The predicted molar refractivity (Wildman–Crippen MR) is 98.2 cm³/mol. The van der Waals surface area contributed by atoms with Crippen LogP contribution >= 0.6 is 0 Å². The summed E-state index contributed by atoms with van der Waals surface area (Å²) in [4.78, 5) is 32.6. The lowest BCUT2D eigenvalue weighted by Crippen LogP contribution is -2.42. The molecule has 1 aliphatic carbocycles. The van der Waals surface area contributed by atoms with Gasteiger partial charge in [-0.2, -0.15) is 4.98 Å². The zero-order chi connectivity index (χ0) is 18.8. The van der Waals surface area contributed by atoms with E-state index in [0.29, 0.717) is 23.2 Å². The van der Waals surface area contributed by atoms with Crippen LogP contribution < -0.4 is 10.6 Å². The molecule has 4 rings (SSSR count). The van der Waals surface area contributed by atoms with Crippen molar-refractivity contribution in [2.75, 3.05) is 19.0 Å². The van der Waals surface area contributed by atoms with E-state index in [9.17, 15) is 9.59 Å². The Bertz CT molecular complexity index is 843. The third-order valence-corrected chi connectivity index (χ3v) is 5.67. The first kappa shape index (κ1) is 17.9. The number of carbonyl (C=O) groups is 2. The van der Waals surface area contributed by atoms with Crippen molar-refractivity contribution in [3.8, 4) is 0 Å². The lowest BCUT2D eigenvalue weighted by molar-refractivity contribution is -0.119. The molecule has 1 saturated heterocycles. The van der Waals surface area contributed by atoms with Crippen molar-refractivity contribution in [1.82, 2.24) is 15.3 Å². The molecule has 1 saturated carbocycles. The maximum atomic E-state index is 12.8. The van der Waals surface area contributed by atoms with Gasteiger partial charge in [0, 0.05) is 0 Å². The van der Waals surface area contributed by atoms with Crippen molar-refractivity contribution < 1.29 is 18.7 Å². The third-order valence-electron chi connectivity index (χ3n) is 5.67. The number of hydrogen-bond acceptors (Lipinski definition) is 7. The van der Waals surface area contributed by atoms with E-state index in [1.54, 1.807) is 12.1 Å². The Labute approximate surface area is 157 Å². The minimum absolute atomic E-state index is 0.0670. The smallest absolute Gasteiger partial charge is 0.394 e. The van der Waals surface area contributed by atoms with E-state index in [1.165, 1.54) is 39.2 Å². The average Bonchev–Trinajstić information content (AvgIpc) is 3.34. The molecule has 2 fully saturated rings. The van der Waals surface area contributed by atoms with Gasteiger partial charge in [-0.25, -0.2) is 9.78 Å². The number of esters is 1. The molecule has 2 N–H and O–H groups in total. The Kier molecular flexibility index (Phi) is 5.07. The molecule has 1 aliphatic heterocycles. The van der Waals surface area contributed by atoms with Crippen molar-refractivity contribution in [2.45, 2.75) is 44.6 Å². The zero-order valence-corrected chi connectivity index (χ0v) is 15.4. The second-order valence-electron chi connectivity index (χ2n) is 7.30.